The van der Waals surface area contributed by atoms with Crippen molar-refractivity contribution < 1.29 is 138 Å². The third kappa shape index (κ3) is 35.3. The number of hydrazine groups is 2. The van der Waals surface area contributed by atoms with E-state index >= 15 is 40.8 Å². The Bertz CT molecular complexity index is 5450. The second-order valence-electron chi connectivity index (χ2n) is 34.2. The lowest BCUT2D eigenvalue weighted by Gasteiger charge is -2.39. The molecule has 760 valence electrons. The number of primary amides is 2. The third-order valence-electron chi connectivity index (χ3n) is 21.9. The molecular weight excluding hydrogens is 1910 g/mol. The average molecular weight is 2030 g/mol. The molecule has 3 saturated heterocycles. The zero-order valence-corrected chi connectivity index (χ0v) is 80.0. The van der Waals surface area contributed by atoms with E-state index in [0.717, 1.165) is 20.8 Å². The van der Waals surface area contributed by atoms with E-state index < -0.39 is 360 Å². The van der Waals surface area contributed by atoms with Crippen LogP contribution in [0.1, 0.15) is 110 Å². The Kier molecular flexibility index (Phi) is 42.1. The monoisotopic (exact) mass is 2020 g/mol. The molecule has 0 aliphatic carbocycles. The Hall–Kier alpha value is -13.3. The van der Waals surface area contributed by atoms with Gasteiger partial charge in [0.2, 0.25) is 109 Å². The molecule has 0 spiro atoms. The number of carbonyl (C=O) groups excluding carboxylic acids is 16. The van der Waals surface area contributed by atoms with Crippen LogP contribution in [0.5, 0.6) is 5.75 Å². The van der Waals surface area contributed by atoms with Gasteiger partial charge in [-0.3, -0.25) is 95.9 Å². The summed E-state index contributed by atoms with van der Waals surface area (Å²) < 4.78 is 61.9. The van der Waals surface area contributed by atoms with E-state index in [0.29, 0.717) is 53.5 Å². The second kappa shape index (κ2) is 52.0. The van der Waals surface area contributed by atoms with E-state index in [9.17, 15) is 97.5 Å². The predicted octanol–water partition coefficient (Wildman–Crippen LogP) is -7.03. The topological polar surface area (TPSA) is 770 Å². The van der Waals surface area contributed by atoms with E-state index in [4.69, 9.17) is 17.2 Å². The molecule has 16 amide bonds. The lowest BCUT2D eigenvalue weighted by atomic mass is 9.85. The molecule has 7 rings (SSSR count). The van der Waals surface area contributed by atoms with Gasteiger partial charge in [-0.25, -0.2) is 21.8 Å². The first-order chi connectivity index (χ1) is 65.2. The first kappa shape index (κ1) is 113. The minimum Gasteiger partial charge on any atom is -0.508 e. The van der Waals surface area contributed by atoms with Gasteiger partial charge in [0.05, 0.1) is 50.1 Å². The maximum absolute atomic E-state index is 16.0. The molecule has 4 bridgehead atoms. The zero-order chi connectivity index (χ0) is 103. The maximum Gasteiger partial charge on any atom is 0.305 e. The summed E-state index contributed by atoms with van der Waals surface area (Å²) >= 11 is 1.36. The summed E-state index contributed by atoms with van der Waals surface area (Å²) in [6, 6.07) is -5.10. The van der Waals surface area contributed by atoms with Crippen molar-refractivity contribution in [1.82, 2.24) is 93.3 Å². The molecule has 25 N–H and O–H groups in total. The molecule has 4 unspecified atom stereocenters. The number of rotatable bonds is 21. The molecular formula is C85H117N21O29S4. The van der Waals surface area contributed by atoms with Crippen molar-refractivity contribution in [2.45, 2.75) is 203 Å². The van der Waals surface area contributed by atoms with Gasteiger partial charge in [0.25, 0.3) is 5.91 Å². The summed E-state index contributed by atoms with van der Waals surface area (Å²) in [4.78, 5) is 284. The first-order valence-electron chi connectivity index (χ1n) is 43.6. The summed E-state index contributed by atoms with van der Waals surface area (Å²) in [5.41, 5.74) is 19.2. The number of carboxylic acids is 4. The van der Waals surface area contributed by atoms with Crippen LogP contribution in [0.3, 0.4) is 0 Å². The van der Waals surface area contributed by atoms with Crippen LogP contribution in [-0.2, 0) is 135 Å². The number of thioether (sulfide) groups is 2. The normalized spacial score (nSPS) is 26.7. The second-order valence-corrected chi connectivity index (χ2v) is 40.6. The van der Waals surface area contributed by atoms with Gasteiger partial charge in [-0.2, -0.15) is 42.7 Å². The van der Waals surface area contributed by atoms with E-state index in [1.54, 1.807) is 48.5 Å². The summed E-state index contributed by atoms with van der Waals surface area (Å²) in [5, 5.41) is 84.1. The molecule has 4 aromatic rings. The number of phenols is 1. The quantitative estimate of drug-likeness (QED) is 0.0369. The average Bonchev–Trinajstić information content (AvgIpc) is 1.78. The predicted molar refractivity (Wildman–Crippen MR) is 497 cm³/mol. The number of benzene rings is 4. The lowest BCUT2D eigenvalue weighted by molar-refractivity contribution is -0.156. The van der Waals surface area contributed by atoms with Gasteiger partial charge in [0, 0.05) is 68.2 Å². The van der Waals surface area contributed by atoms with Crippen LogP contribution in [0.25, 0.3) is 10.8 Å². The molecule has 3 heterocycles. The number of aromatic hydroxyl groups is 1. The number of aliphatic carboxylic acids is 4. The Morgan fingerprint density at radius 3 is 1.42 bits per heavy atom. The fourth-order valence-corrected chi connectivity index (χ4v) is 20.0. The van der Waals surface area contributed by atoms with Crippen molar-refractivity contribution in [2.75, 3.05) is 60.9 Å². The minimum atomic E-state index is -4.91. The fourth-order valence-electron chi connectivity index (χ4n) is 14.3. The molecule has 3 aliphatic rings. The molecule has 4 aromatic carbocycles. The molecule has 0 aromatic heterocycles. The Morgan fingerprint density at radius 1 is 0.468 bits per heavy atom. The Balaban J connectivity index is 1.44. The van der Waals surface area contributed by atoms with Crippen molar-refractivity contribution in [3.63, 3.8) is 0 Å². The number of fused-ring (bicyclic) bond motifs is 4. The maximum atomic E-state index is 16.0. The van der Waals surface area contributed by atoms with Crippen LogP contribution >= 0.6 is 23.5 Å². The lowest BCUT2D eigenvalue weighted by Crippen LogP contribution is -2.67. The highest BCUT2D eigenvalue weighted by Gasteiger charge is 2.45. The number of hydrogen-bond acceptors (Lipinski definition) is 30. The fraction of sp³-hybridized carbons (Fsp3) is 0.506. The summed E-state index contributed by atoms with van der Waals surface area (Å²) in [7, 11) is -9.82. The van der Waals surface area contributed by atoms with Crippen LogP contribution in [0.4, 0.5) is 0 Å². The van der Waals surface area contributed by atoms with E-state index in [1.165, 1.54) is 76.2 Å². The molecule has 3 fully saturated rings. The molecule has 139 heavy (non-hydrogen) atoms. The highest BCUT2D eigenvalue weighted by Crippen LogP contribution is 2.25. The number of nitrogens with two attached hydrogens (primary N) is 3. The Morgan fingerprint density at radius 2 is 0.899 bits per heavy atom. The number of carboxylic acid groups (broad SMARTS) is 4. The number of nitrogens with one attached hydrogen (secondary N) is 14. The van der Waals surface area contributed by atoms with Gasteiger partial charge in [-0.15, -0.1) is 0 Å². The van der Waals surface area contributed by atoms with Gasteiger partial charge in [-0.1, -0.05) is 106 Å². The van der Waals surface area contributed by atoms with Gasteiger partial charge in [-0.05, 0) is 85.5 Å². The van der Waals surface area contributed by atoms with E-state index in [2.05, 4.69) is 74.7 Å². The number of hydrogen-bond donors (Lipinski definition) is 22. The molecule has 18 atom stereocenters. The minimum absolute atomic E-state index is 0.174. The highest BCUT2D eigenvalue weighted by molar-refractivity contribution is 8.00. The van der Waals surface area contributed by atoms with Gasteiger partial charge in [0.1, 0.15) is 90.3 Å². The smallest absolute Gasteiger partial charge is 0.305 e. The molecule has 0 saturated carbocycles. The van der Waals surface area contributed by atoms with Crippen molar-refractivity contribution >= 4 is 173 Å². The van der Waals surface area contributed by atoms with Crippen molar-refractivity contribution in [1.29, 1.82) is 0 Å². The highest BCUT2D eigenvalue weighted by atomic mass is 32.2. The molecule has 54 heteroatoms. The number of carbonyl (C=O) groups is 20. The SMILES string of the molecule is C[C@H](N)C(=O)N[C@H]1CSCCS(=O)(=O)N2CCN3CN(C2)NN(C(=O)[C@H](C)NC(=O)[C@@H](C)NC(=O)[C@H](Cc2cccc4ccccc24)NC(=O)[C@H](CCC(=O)O)NC(=O)[C@H](CC(N)=O)NC(=O)[C@@H](C)NC1=O)[C@@H](CCC(=O)O)C(=O)N[C@@H](CC(=O)O)C(=O)N[C@@H](Cc1ccccc1)C(=O)N[C@@H](Cc1ccc(O)cc1)C(=O)NC(CC(=O)O)C(=O)N[C@@H](C(C)(C)C)C(=O)N[C@H](C(N)=O)CSCCS3(=O)=O. The van der Waals surface area contributed by atoms with E-state index in [1.807, 2.05) is 0 Å². The van der Waals surface area contributed by atoms with Gasteiger partial charge >= 0.3 is 23.9 Å². The number of nitrogens with zero attached hydrogens (tertiary/aromatic N) is 4. The summed E-state index contributed by atoms with van der Waals surface area (Å²) in [5.74, 6) is -32.0. The van der Waals surface area contributed by atoms with Crippen LogP contribution in [-0.4, -0.2) is 331 Å². The zero-order valence-electron chi connectivity index (χ0n) is 76.7. The van der Waals surface area contributed by atoms with Crippen LogP contribution in [0.2, 0.25) is 0 Å². The van der Waals surface area contributed by atoms with Crippen LogP contribution in [0.15, 0.2) is 97.1 Å². The number of amides is 16. The largest absolute Gasteiger partial charge is 0.508 e. The van der Waals surface area contributed by atoms with Crippen LogP contribution < -0.4 is 91.9 Å². The van der Waals surface area contributed by atoms with Crippen molar-refractivity contribution in [3.8, 4) is 5.75 Å². The summed E-state index contributed by atoms with van der Waals surface area (Å²) in [6.45, 7) is 4.76. The molecule has 3 aliphatic heterocycles. The first-order valence-corrected chi connectivity index (χ1v) is 49.1. The molecule has 50 nitrogen and oxygen atoms in total. The summed E-state index contributed by atoms with van der Waals surface area (Å²) in [6.07, 6.45) is -9.25. The van der Waals surface area contributed by atoms with Crippen molar-refractivity contribution in [3.05, 3.63) is 114 Å². The molecule has 0 radical (unpaired) electrons. The standard InChI is InChI=1S/C85H117N21O29S4/c1-44(86)71(118)100-62-41-137-31-33-139(134,135)105-29-28-104-42-103(43-105)102-106(84(131)47(4)91-72(119)45(2)89-75(122)57(36-51-18-13-17-50-16-11-12-19-53(50)51)96-74(121)54(24-26-65(109)110)92-78(125)58(37-64(87)108)93-73(120)46(3)90-81(62)128)63(25-27-66(111)112)82(129)98-59(38-67(113)114)79(126)95-55(34-48-14-9-8-10-15-48)76(123)94-56(35-49-20-22-52(107)23-21-49)77(124)97-60(39-68(115)116)80(127)101-69(85(5,6)7)83(130)99-61(70(88)117)40-136-30-32-138(104,132)133/h8-23,44-47,54-63,69,102,107H,24-43,86H2,1-7H3,(H2,87,108)(H2,88,117)(H,89,122)(H,90,128)(H,91,119)(H,92,125)(H,93,120)(H,94,123)(H,95,126)(H,96,121)(H,97,124)(H,98,129)(H,99,130)(H,100,118)(H,101,127)(H,109,110)(H,111,112)(H,113,114)(H,115,116)/t44-,45+,46+,47-,54-,55-,56-,57-,58-,59-,60?,61-,62-,63-,69+/m0/s1. The Labute approximate surface area is 806 Å². The van der Waals surface area contributed by atoms with E-state index in [-0.39, 0.29) is 21.9 Å². The van der Waals surface area contributed by atoms with Crippen molar-refractivity contribution in [2.24, 2.45) is 22.6 Å². The van der Waals surface area contributed by atoms with Crippen LogP contribution in [0, 0.1) is 5.41 Å². The van der Waals surface area contributed by atoms with Gasteiger partial charge in [0.15, 0.2) is 0 Å². The number of phenolic OH excluding ortho intramolecular Hbond substituents is 1. The third-order valence-corrected chi connectivity index (χ3v) is 28.1. The number of sulfonamides is 2. The van der Waals surface area contributed by atoms with Gasteiger partial charge < -0.3 is 112 Å².